The van der Waals surface area contributed by atoms with Crippen LogP contribution in [-0.4, -0.2) is 17.9 Å². The van der Waals surface area contributed by atoms with Crippen molar-refractivity contribution in [3.63, 3.8) is 0 Å². The Hall–Kier alpha value is -0.280. The van der Waals surface area contributed by atoms with Gasteiger partial charge in [-0.15, -0.1) is 34.5 Å². The zero-order valence-corrected chi connectivity index (χ0v) is 13.0. The highest BCUT2D eigenvalue weighted by molar-refractivity contribution is 7.17. The molecule has 1 N–H and O–H groups in total. The first kappa shape index (κ1) is 14.1. The van der Waals surface area contributed by atoms with Crippen LogP contribution < -0.4 is 5.32 Å². The second-order valence-corrected chi connectivity index (χ2v) is 6.81. The van der Waals surface area contributed by atoms with Crippen molar-refractivity contribution < 1.29 is 0 Å². The van der Waals surface area contributed by atoms with Crippen molar-refractivity contribution >= 4 is 44.6 Å². The van der Waals surface area contributed by atoms with Crippen LogP contribution in [0.25, 0.3) is 10.1 Å². The topological polar surface area (TPSA) is 12.0 Å². The average molecular weight is 302 g/mol. The number of alkyl halides is 2. The maximum atomic E-state index is 6.25. The van der Waals surface area contributed by atoms with Crippen LogP contribution in [0, 0.1) is 0 Å². The van der Waals surface area contributed by atoms with E-state index < -0.39 is 4.84 Å². The first-order chi connectivity index (χ1) is 8.50. The summed E-state index contributed by atoms with van der Waals surface area (Å²) in [5.41, 5.74) is 0.860. The van der Waals surface area contributed by atoms with E-state index in [1.165, 1.54) is 15.6 Å². The number of hydrogen-bond donors (Lipinski definition) is 1. The van der Waals surface area contributed by atoms with E-state index in [0.717, 1.165) is 0 Å². The molecule has 2 unspecified atom stereocenters. The minimum atomic E-state index is -0.462. The summed E-state index contributed by atoms with van der Waals surface area (Å²) in [4.78, 5) is -0.462. The lowest BCUT2D eigenvalue weighted by molar-refractivity contribution is 0.373. The van der Waals surface area contributed by atoms with Crippen molar-refractivity contribution in [3.05, 3.63) is 35.2 Å². The Morgan fingerprint density at radius 3 is 2.61 bits per heavy atom. The molecule has 0 saturated heterocycles. The van der Waals surface area contributed by atoms with Crippen LogP contribution in [0.4, 0.5) is 0 Å². The molecule has 98 valence electrons. The Labute approximate surface area is 122 Å². The molecule has 0 aliphatic heterocycles. The number of fused-ring (bicyclic) bond motifs is 1. The van der Waals surface area contributed by atoms with E-state index in [2.05, 4.69) is 48.8 Å². The van der Waals surface area contributed by atoms with Gasteiger partial charge in [-0.05, 0) is 48.5 Å². The van der Waals surface area contributed by atoms with E-state index in [9.17, 15) is 0 Å². The monoisotopic (exact) mass is 301 g/mol. The van der Waals surface area contributed by atoms with E-state index >= 15 is 0 Å². The Morgan fingerprint density at radius 1 is 1.28 bits per heavy atom. The first-order valence-corrected chi connectivity index (χ1v) is 7.68. The fraction of sp³-hybridized carbons (Fsp3) is 0.429. The molecule has 1 nitrogen and oxygen atoms in total. The van der Waals surface area contributed by atoms with Crippen molar-refractivity contribution in [3.8, 4) is 0 Å². The molecule has 2 rings (SSSR count). The summed E-state index contributed by atoms with van der Waals surface area (Å²) in [6, 6.07) is 8.79. The molecule has 1 aromatic carbocycles. The third kappa shape index (κ3) is 2.27. The van der Waals surface area contributed by atoms with Crippen LogP contribution in [0.5, 0.6) is 0 Å². The summed E-state index contributed by atoms with van der Waals surface area (Å²) in [6.07, 6.45) is 0. The first-order valence-electron chi connectivity index (χ1n) is 5.93. The molecule has 18 heavy (non-hydrogen) atoms. The smallest absolute Gasteiger partial charge is 0.118 e. The molecule has 0 aliphatic carbocycles. The van der Waals surface area contributed by atoms with E-state index in [1.54, 1.807) is 11.3 Å². The predicted octanol–water partition coefficient (Wildman–Crippen LogP) is 4.57. The van der Waals surface area contributed by atoms with Gasteiger partial charge in [0.05, 0.1) is 0 Å². The van der Waals surface area contributed by atoms with Crippen LogP contribution in [-0.2, 0) is 5.41 Å². The van der Waals surface area contributed by atoms with Gasteiger partial charge in [0, 0.05) is 16.2 Å². The minimum absolute atomic E-state index is 0.189. The van der Waals surface area contributed by atoms with E-state index in [1.807, 2.05) is 7.05 Å². The Kier molecular flexibility index (Phi) is 4.22. The molecule has 0 bridgehead atoms. The summed E-state index contributed by atoms with van der Waals surface area (Å²) in [6.45, 7) is 4.21. The highest BCUT2D eigenvalue weighted by Gasteiger charge is 2.38. The Balaban J connectivity index is 2.53. The lowest BCUT2D eigenvalue weighted by Crippen LogP contribution is -2.47. The van der Waals surface area contributed by atoms with Gasteiger partial charge in [0.1, 0.15) is 4.84 Å². The molecule has 4 heteroatoms. The Morgan fingerprint density at radius 2 is 2.00 bits per heavy atom. The van der Waals surface area contributed by atoms with Crippen LogP contribution >= 0.6 is 34.5 Å². The largest absolute Gasteiger partial charge is 0.316 e. The number of likely N-dealkylation sites (N-methyl/N-ethyl adjacent to an activating group) is 1. The van der Waals surface area contributed by atoms with E-state index in [0.29, 0.717) is 0 Å². The fourth-order valence-corrected chi connectivity index (χ4v) is 3.57. The number of thiophene rings is 1. The number of nitrogens with one attached hydrogen (secondary N) is 1. The molecule has 0 spiro atoms. The highest BCUT2D eigenvalue weighted by atomic mass is 35.5. The molecule has 1 aromatic heterocycles. The number of hydrogen-bond acceptors (Lipinski definition) is 2. The van der Waals surface area contributed by atoms with Crippen molar-refractivity contribution in [1.29, 1.82) is 0 Å². The molecule has 0 radical (unpaired) electrons. The summed E-state index contributed by atoms with van der Waals surface area (Å²) >= 11 is 14.2. The van der Waals surface area contributed by atoms with Gasteiger partial charge < -0.3 is 5.32 Å². The minimum Gasteiger partial charge on any atom is -0.316 e. The number of halogens is 2. The zero-order valence-electron chi connectivity index (χ0n) is 10.7. The van der Waals surface area contributed by atoms with E-state index in [-0.39, 0.29) is 11.5 Å². The second-order valence-electron chi connectivity index (χ2n) is 4.77. The molecule has 0 amide bonds. The third-order valence-corrected chi connectivity index (χ3v) is 5.66. The average Bonchev–Trinajstić information content (AvgIpc) is 2.83. The normalized spacial score (nSPS) is 17.0. The Bertz CT molecular complexity index is 537. The van der Waals surface area contributed by atoms with Crippen molar-refractivity contribution in [2.45, 2.75) is 30.1 Å². The van der Waals surface area contributed by atoms with E-state index in [4.69, 9.17) is 23.2 Å². The third-order valence-electron chi connectivity index (χ3n) is 3.86. The summed E-state index contributed by atoms with van der Waals surface area (Å²) in [5, 5.41) is 6.62. The van der Waals surface area contributed by atoms with Gasteiger partial charge in [-0.3, -0.25) is 0 Å². The van der Waals surface area contributed by atoms with Crippen LogP contribution in [0.3, 0.4) is 0 Å². The lowest BCUT2D eigenvalue weighted by atomic mass is 9.77. The van der Waals surface area contributed by atoms with Crippen molar-refractivity contribution in [1.82, 2.24) is 5.32 Å². The van der Waals surface area contributed by atoms with Crippen LogP contribution in [0.15, 0.2) is 29.6 Å². The standard InChI is InChI=1S/C14H17Cl2NS/c1-9(17-3)14(2,13(15)16)11-4-5-12-10(8-11)6-7-18-12/h4-9,13,17H,1-3H3. The van der Waals surface area contributed by atoms with Crippen molar-refractivity contribution in [2.24, 2.45) is 0 Å². The maximum absolute atomic E-state index is 6.25. The van der Waals surface area contributed by atoms with Gasteiger partial charge in [-0.1, -0.05) is 13.0 Å². The number of benzene rings is 1. The quantitative estimate of drug-likeness (QED) is 0.816. The van der Waals surface area contributed by atoms with Gasteiger partial charge in [-0.2, -0.15) is 0 Å². The summed E-state index contributed by atoms with van der Waals surface area (Å²) < 4.78 is 1.29. The molecule has 0 aliphatic rings. The van der Waals surface area contributed by atoms with Crippen molar-refractivity contribution in [2.75, 3.05) is 7.05 Å². The molecule has 2 atom stereocenters. The van der Waals surface area contributed by atoms with Gasteiger partial charge in [0.15, 0.2) is 0 Å². The van der Waals surface area contributed by atoms with Crippen LogP contribution in [0.1, 0.15) is 19.4 Å². The lowest BCUT2D eigenvalue weighted by Gasteiger charge is -2.37. The highest BCUT2D eigenvalue weighted by Crippen LogP contribution is 2.38. The summed E-state index contributed by atoms with van der Waals surface area (Å²) in [7, 11) is 1.93. The van der Waals surface area contributed by atoms with Gasteiger partial charge >= 0.3 is 0 Å². The summed E-state index contributed by atoms with van der Waals surface area (Å²) in [5.74, 6) is 0. The maximum Gasteiger partial charge on any atom is 0.118 e. The fourth-order valence-electron chi connectivity index (χ4n) is 2.17. The second kappa shape index (κ2) is 5.38. The SMILES string of the molecule is CNC(C)C(C)(c1ccc2sccc2c1)C(Cl)Cl. The molecule has 0 fully saturated rings. The van der Waals surface area contributed by atoms with Gasteiger partial charge in [0.2, 0.25) is 0 Å². The van der Waals surface area contributed by atoms with Gasteiger partial charge in [0.25, 0.3) is 0 Å². The van der Waals surface area contributed by atoms with Crippen LogP contribution in [0.2, 0.25) is 0 Å². The zero-order chi connectivity index (χ0) is 13.3. The molecule has 1 heterocycles. The molecule has 0 saturated carbocycles. The van der Waals surface area contributed by atoms with Gasteiger partial charge in [-0.25, -0.2) is 0 Å². The molecular weight excluding hydrogens is 285 g/mol. The number of rotatable bonds is 4. The molecular formula is C14H17Cl2NS. The predicted molar refractivity (Wildman–Crippen MR) is 83.2 cm³/mol. The molecule has 2 aromatic rings.